The lowest BCUT2D eigenvalue weighted by Crippen LogP contribution is -1.91. The van der Waals surface area contributed by atoms with E-state index in [-0.39, 0.29) is 0 Å². The van der Waals surface area contributed by atoms with Gasteiger partial charge in [-0.2, -0.15) is 0 Å². The fourth-order valence-corrected chi connectivity index (χ4v) is 2.63. The van der Waals surface area contributed by atoms with E-state index in [1.54, 1.807) is 25.8 Å². The maximum atomic E-state index is 5.12. The number of methoxy groups -OCH3 is 1. The van der Waals surface area contributed by atoms with Gasteiger partial charge in [-0.1, -0.05) is 0 Å². The number of rotatable bonds is 3. The highest BCUT2D eigenvalue weighted by Gasteiger charge is 2.09. The third kappa shape index (κ3) is 2.42. The van der Waals surface area contributed by atoms with Crippen molar-refractivity contribution in [2.24, 2.45) is 0 Å². The van der Waals surface area contributed by atoms with E-state index >= 15 is 0 Å². The average Bonchev–Trinajstić information content (AvgIpc) is 3.10. The Bertz CT molecular complexity index is 946. The summed E-state index contributed by atoms with van der Waals surface area (Å²) >= 11 is 0. The van der Waals surface area contributed by atoms with Crippen molar-refractivity contribution in [3.05, 3.63) is 67.6 Å². The van der Waals surface area contributed by atoms with Crippen molar-refractivity contribution in [3.8, 4) is 28.1 Å². The summed E-state index contributed by atoms with van der Waals surface area (Å²) in [7, 11) is 1.61. The van der Waals surface area contributed by atoms with Gasteiger partial charge in [0.2, 0.25) is 5.88 Å². The van der Waals surface area contributed by atoms with Crippen molar-refractivity contribution in [1.82, 2.24) is 19.4 Å². The van der Waals surface area contributed by atoms with Crippen LogP contribution in [0.1, 0.15) is 0 Å². The van der Waals surface area contributed by atoms with Gasteiger partial charge in [-0.25, -0.2) is 9.97 Å². The molecular formula is C18H14N4O. The van der Waals surface area contributed by atoms with E-state index < -0.39 is 0 Å². The van der Waals surface area contributed by atoms with E-state index in [1.165, 1.54) is 0 Å². The lowest BCUT2D eigenvalue weighted by Gasteiger charge is -2.09. The Labute approximate surface area is 133 Å². The van der Waals surface area contributed by atoms with E-state index in [0.717, 1.165) is 27.8 Å². The van der Waals surface area contributed by atoms with Crippen molar-refractivity contribution < 1.29 is 4.74 Å². The van der Waals surface area contributed by atoms with Crippen LogP contribution in [0, 0.1) is 0 Å². The number of aromatic nitrogens is 4. The summed E-state index contributed by atoms with van der Waals surface area (Å²) in [6.45, 7) is 0. The molecular weight excluding hydrogens is 288 g/mol. The molecule has 0 fully saturated rings. The summed E-state index contributed by atoms with van der Waals surface area (Å²) in [6, 6.07) is 10.0. The molecule has 0 aliphatic rings. The van der Waals surface area contributed by atoms with Crippen LogP contribution in [0.5, 0.6) is 5.88 Å². The number of pyridine rings is 3. The number of fused-ring (bicyclic) bond motifs is 1. The fourth-order valence-electron chi connectivity index (χ4n) is 2.63. The Morgan fingerprint density at radius 1 is 0.913 bits per heavy atom. The van der Waals surface area contributed by atoms with E-state index in [0.29, 0.717) is 5.88 Å². The van der Waals surface area contributed by atoms with Crippen LogP contribution in [-0.2, 0) is 0 Å². The van der Waals surface area contributed by atoms with Crippen molar-refractivity contribution in [2.75, 3.05) is 7.11 Å². The van der Waals surface area contributed by atoms with Crippen LogP contribution in [0.3, 0.4) is 0 Å². The summed E-state index contributed by atoms with van der Waals surface area (Å²) in [5.41, 5.74) is 5.36. The van der Waals surface area contributed by atoms with Gasteiger partial charge >= 0.3 is 0 Å². The van der Waals surface area contributed by atoms with Crippen LogP contribution in [-0.4, -0.2) is 26.5 Å². The molecule has 5 nitrogen and oxygen atoms in total. The Hall–Kier alpha value is -3.21. The molecule has 0 saturated heterocycles. The maximum Gasteiger partial charge on any atom is 0.212 e. The minimum Gasteiger partial charge on any atom is -0.481 e. The molecule has 0 bridgehead atoms. The van der Waals surface area contributed by atoms with Crippen molar-refractivity contribution in [2.45, 2.75) is 0 Å². The van der Waals surface area contributed by atoms with Crippen LogP contribution >= 0.6 is 0 Å². The third-order valence-electron chi connectivity index (χ3n) is 3.79. The summed E-state index contributed by atoms with van der Waals surface area (Å²) in [5.74, 6) is 0.604. The lowest BCUT2D eigenvalue weighted by atomic mass is 10.0. The Morgan fingerprint density at radius 2 is 1.78 bits per heavy atom. The van der Waals surface area contributed by atoms with Crippen LogP contribution in [0.4, 0.5) is 0 Å². The van der Waals surface area contributed by atoms with E-state index in [4.69, 9.17) is 4.74 Å². The van der Waals surface area contributed by atoms with Crippen molar-refractivity contribution in [1.29, 1.82) is 0 Å². The molecule has 4 aromatic heterocycles. The SMILES string of the molecule is COc1ccc(-c2cc(-c3ccncc3)c3cncn3c2)cn1. The standard InChI is InChI=1S/C18H14N4O/c1-23-18-3-2-14(9-21-18)15-8-16(13-4-6-19-7-5-13)17-10-20-12-22(17)11-15/h2-12H,1H3. The molecule has 0 amide bonds. The molecule has 4 rings (SSSR count). The molecule has 0 atom stereocenters. The van der Waals surface area contributed by atoms with Crippen LogP contribution in [0.25, 0.3) is 27.8 Å². The molecule has 0 aromatic carbocycles. The van der Waals surface area contributed by atoms with Gasteiger partial charge in [0.1, 0.15) is 0 Å². The number of nitrogens with zero attached hydrogens (tertiary/aromatic N) is 4. The molecule has 0 N–H and O–H groups in total. The number of hydrogen-bond donors (Lipinski definition) is 0. The summed E-state index contributed by atoms with van der Waals surface area (Å²) in [5, 5.41) is 0. The van der Waals surface area contributed by atoms with E-state index in [2.05, 4.69) is 27.2 Å². The second-order valence-corrected chi connectivity index (χ2v) is 5.15. The normalized spacial score (nSPS) is 10.8. The molecule has 112 valence electrons. The molecule has 5 heteroatoms. The molecule has 4 heterocycles. The lowest BCUT2D eigenvalue weighted by molar-refractivity contribution is 0.398. The summed E-state index contributed by atoms with van der Waals surface area (Å²) in [4.78, 5) is 12.6. The maximum absolute atomic E-state index is 5.12. The topological polar surface area (TPSA) is 52.3 Å². The molecule has 23 heavy (non-hydrogen) atoms. The summed E-state index contributed by atoms with van der Waals surface area (Å²) < 4.78 is 7.15. The van der Waals surface area contributed by atoms with E-state index in [9.17, 15) is 0 Å². The first-order valence-corrected chi connectivity index (χ1v) is 7.22. The molecule has 0 unspecified atom stereocenters. The Balaban J connectivity index is 1.91. The zero-order valence-electron chi connectivity index (χ0n) is 12.5. The highest BCUT2D eigenvalue weighted by atomic mass is 16.5. The highest BCUT2D eigenvalue weighted by Crippen LogP contribution is 2.30. The monoisotopic (exact) mass is 302 g/mol. The van der Waals surface area contributed by atoms with Crippen molar-refractivity contribution >= 4 is 5.52 Å². The van der Waals surface area contributed by atoms with Gasteiger partial charge < -0.3 is 9.14 Å². The molecule has 0 aliphatic carbocycles. The van der Waals surface area contributed by atoms with Gasteiger partial charge in [-0.05, 0) is 29.8 Å². The number of imidazole rings is 1. The first-order chi connectivity index (χ1) is 11.3. The van der Waals surface area contributed by atoms with Gasteiger partial charge in [-0.3, -0.25) is 4.98 Å². The predicted octanol–water partition coefficient (Wildman–Crippen LogP) is 3.47. The molecule has 4 aromatic rings. The Kier molecular flexibility index (Phi) is 3.24. The van der Waals surface area contributed by atoms with Crippen LogP contribution in [0.15, 0.2) is 67.6 Å². The number of ether oxygens (including phenoxy) is 1. The average molecular weight is 302 g/mol. The minimum atomic E-state index is 0.604. The van der Waals surface area contributed by atoms with E-state index in [1.807, 2.05) is 41.1 Å². The quantitative estimate of drug-likeness (QED) is 0.581. The van der Waals surface area contributed by atoms with Crippen LogP contribution < -0.4 is 4.74 Å². The van der Waals surface area contributed by atoms with Gasteiger partial charge in [0.25, 0.3) is 0 Å². The van der Waals surface area contributed by atoms with Crippen molar-refractivity contribution in [3.63, 3.8) is 0 Å². The van der Waals surface area contributed by atoms with Gasteiger partial charge in [0.05, 0.1) is 25.2 Å². The first kappa shape index (κ1) is 13.5. The predicted molar refractivity (Wildman–Crippen MR) is 88.2 cm³/mol. The second kappa shape index (κ2) is 5.53. The Morgan fingerprint density at radius 3 is 2.52 bits per heavy atom. The second-order valence-electron chi connectivity index (χ2n) is 5.15. The molecule has 0 aliphatic heterocycles. The molecule has 0 saturated carbocycles. The largest absolute Gasteiger partial charge is 0.481 e. The molecule has 0 radical (unpaired) electrons. The first-order valence-electron chi connectivity index (χ1n) is 7.22. The fraction of sp³-hybridized carbons (Fsp3) is 0.0556. The van der Waals surface area contributed by atoms with Gasteiger partial charge in [-0.15, -0.1) is 0 Å². The van der Waals surface area contributed by atoms with Gasteiger partial charge in [0, 0.05) is 47.5 Å². The van der Waals surface area contributed by atoms with Crippen LogP contribution in [0.2, 0.25) is 0 Å². The third-order valence-corrected chi connectivity index (χ3v) is 3.79. The summed E-state index contributed by atoms with van der Waals surface area (Å²) in [6.07, 6.45) is 11.1. The van der Waals surface area contributed by atoms with Gasteiger partial charge in [0.15, 0.2) is 0 Å². The highest BCUT2D eigenvalue weighted by molar-refractivity contribution is 5.83. The minimum absolute atomic E-state index is 0.604. The number of hydrogen-bond acceptors (Lipinski definition) is 4. The molecule has 0 spiro atoms. The smallest absolute Gasteiger partial charge is 0.212 e. The zero-order chi connectivity index (χ0) is 15.6. The zero-order valence-corrected chi connectivity index (χ0v) is 12.5.